The number of carboxylic acids is 1. The zero-order chi connectivity index (χ0) is 20.9. The Balaban J connectivity index is 0.000000345. The number of fused-ring (bicyclic) bond motifs is 1. The molecule has 154 valence electrons. The summed E-state index contributed by atoms with van der Waals surface area (Å²) in [7, 11) is 2.09. The van der Waals surface area contributed by atoms with Gasteiger partial charge in [0.25, 0.3) is 0 Å². The van der Waals surface area contributed by atoms with Crippen LogP contribution in [0.2, 0.25) is 0 Å². The van der Waals surface area contributed by atoms with Crippen molar-refractivity contribution in [1.82, 2.24) is 15.5 Å². The van der Waals surface area contributed by atoms with Crippen LogP contribution < -0.4 is 10.6 Å². The minimum atomic E-state index is -5.08. The molecule has 0 bridgehead atoms. The van der Waals surface area contributed by atoms with E-state index < -0.39 is 12.1 Å². The zero-order valence-electron chi connectivity index (χ0n) is 15.3. The number of hydrogen-bond donors (Lipinski definition) is 3. The number of likely N-dealkylation sites (N-methyl/N-ethyl adjacent to an activating group) is 1. The molecule has 0 aliphatic carbocycles. The molecule has 2 aliphatic rings. The first-order chi connectivity index (χ1) is 13.1. The quantitative estimate of drug-likeness (QED) is 0.704. The topological polar surface area (TPSA) is 98.7 Å². The van der Waals surface area contributed by atoms with E-state index in [-0.39, 0.29) is 17.9 Å². The summed E-state index contributed by atoms with van der Waals surface area (Å²) in [6, 6.07) is 8.41. The lowest BCUT2D eigenvalue weighted by atomic mass is 9.94. The molecule has 3 N–H and O–H groups in total. The highest BCUT2D eigenvalue weighted by atomic mass is 19.4. The molecule has 0 aromatic heterocycles. The lowest BCUT2D eigenvalue weighted by Gasteiger charge is -2.34. The van der Waals surface area contributed by atoms with E-state index in [1.807, 2.05) is 0 Å². The largest absolute Gasteiger partial charge is 0.490 e. The Morgan fingerprint density at radius 2 is 1.89 bits per heavy atom. The van der Waals surface area contributed by atoms with E-state index in [0.717, 1.165) is 13.0 Å². The maximum Gasteiger partial charge on any atom is 0.490 e. The molecular weight excluding hydrogens is 379 g/mol. The smallest absolute Gasteiger partial charge is 0.475 e. The summed E-state index contributed by atoms with van der Waals surface area (Å²) in [5, 5.41) is 12.8. The number of carboxylic acid groups (broad SMARTS) is 1. The number of nitrogens with zero attached hydrogens (tertiary/aromatic N) is 1. The van der Waals surface area contributed by atoms with Gasteiger partial charge in [0, 0.05) is 25.6 Å². The predicted molar refractivity (Wildman–Crippen MR) is 93.3 cm³/mol. The van der Waals surface area contributed by atoms with E-state index in [1.54, 1.807) is 0 Å². The van der Waals surface area contributed by atoms with E-state index in [1.165, 1.54) is 11.1 Å². The van der Waals surface area contributed by atoms with Crippen molar-refractivity contribution < 1.29 is 32.7 Å². The van der Waals surface area contributed by atoms with Crippen molar-refractivity contribution in [2.24, 2.45) is 0 Å². The summed E-state index contributed by atoms with van der Waals surface area (Å²) < 4.78 is 31.7. The van der Waals surface area contributed by atoms with Crippen molar-refractivity contribution >= 4 is 17.8 Å². The fraction of sp³-hybridized carbons (Fsp3) is 0.500. The van der Waals surface area contributed by atoms with Gasteiger partial charge < -0.3 is 15.7 Å². The normalized spacial score (nSPS) is 21.8. The molecule has 7 nitrogen and oxygen atoms in total. The van der Waals surface area contributed by atoms with Crippen molar-refractivity contribution in [1.29, 1.82) is 0 Å². The van der Waals surface area contributed by atoms with Crippen LogP contribution in [0.3, 0.4) is 0 Å². The van der Waals surface area contributed by atoms with Crippen LogP contribution in [0.4, 0.5) is 13.2 Å². The van der Waals surface area contributed by atoms with Gasteiger partial charge in [0.15, 0.2) is 0 Å². The summed E-state index contributed by atoms with van der Waals surface area (Å²) in [6.45, 7) is 1.53. The SMILES string of the molecule is CN1Cc2ccccc2CC1CNC(=O)[C@@H]1CCC(=O)N1.O=C(O)C(F)(F)F. The molecule has 0 radical (unpaired) electrons. The molecule has 1 aromatic carbocycles. The molecule has 10 heteroatoms. The van der Waals surface area contributed by atoms with Crippen molar-refractivity contribution in [3.8, 4) is 0 Å². The molecule has 2 heterocycles. The highest BCUT2D eigenvalue weighted by Crippen LogP contribution is 2.21. The molecule has 0 saturated carbocycles. The Bertz CT molecular complexity index is 739. The van der Waals surface area contributed by atoms with Gasteiger partial charge in [-0.15, -0.1) is 0 Å². The standard InChI is InChI=1S/C16H21N3O2.C2HF3O2/c1-19-10-12-5-3-2-4-11(12)8-13(19)9-17-16(21)14-6-7-15(20)18-14;3-2(4,5)1(6)7/h2-5,13-14H,6-10H2,1H3,(H,17,21)(H,18,20);(H,6,7)/t13?,14-;/m0./s1. The number of hydrogen-bond acceptors (Lipinski definition) is 4. The molecule has 28 heavy (non-hydrogen) atoms. The molecule has 1 aromatic rings. The van der Waals surface area contributed by atoms with Crippen molar-refractivity contribution in [3.05, 3.63) is 35.4 Å². The predicted octanol–water partition coefficient (Wildman–Crippen LogP) is 1.07. The summed E-state index contributed by atoms with van der Waals surface area (Å²) in [6.07, 6.45) is -3.08. The fourth-order valence-corrected chi connectivity index (χ4v) is 3.10. The number of amides is 2. The Morgan fingerprint density at radius 3 is 2.43 bits per heavy atom. The zero-order valence-corrected chi connectivity index (χ0v) is 15.3. The van der Waals surface area contributed by atoms with Crippen LogP contribution in [0.25, 0.3) is 0 Å². The molecule has 0 spiro atoms. The Hall–Kier alpha value is -2.62. The Morgan fingerprint density at radius 1 is 1.29 bits per heavy atom. The lowest BCUT2D eigenvalue weighted by molar-refractivity contribution is -0.192. The second kappa shape index (κ2) is 9.05. The first kappa shape index (κ1) is 21.7. The lowest BCUT2D eigenvalue weighted by Crippen LogP contribution is -2.49. The molecule has 2 aliphatic heterocycles. The number of alkyl halides is 3. The number of aliphatic carboxylic acids is 1. The molecule has 2 atom stereocenters. The van der Waals surface area contributed by atoms with Crippen molar-refractivity contribution in [2.75, 3.05) is 13.6 Å². The van der Waals surface area contributed by atoms with Gasteiger partial charge in [0.2, 0.25) is 11.8 Å². The number of carbonyl (C=O) groups is 3. The van der Waals surface area contributed by atoms with Crippen LogP contribution in [0, 0.1) is 0 Å². The molecule has 3 rings (SSSR count). The molecule has 2 amide bonds. The number of rotatable bonds is 3. The van der Waals surface area contributed by atoms with Gasteiger partial charge in [0.1, 0.15) is 6.04 Å². The van der Waals surface area contributed by atoms with Crippen LogP contribution in [0.1, 0.15) is 24.0 Å². The minimum absolute atomic E-state index is 0.0288. The highest BCUT2D eigenvalue weighted by Gasteiger charge is 2.38. The first-order valence-electron chi connectivity index (χ1n) is 8.72. The van der Waals surface area contributed by atoms with E-state index >= 15 is 0 Å². The van der Waals surface area contributed by atoms with Crippen molar-refractivity contribution in [2.45, 2.75) is 44.1 Å². The maximum atomic E-state index is 12.0. The van der Waals surface area contributed by atoms with Crippen LogP contribution in [-0.4, -0.2) is 59.6 Å². The third kappa shape index (κ3) is 5.95. The van der Waals surface area contributed by atoms with Gasteiger partial charge in [-0.3, -0.25) is 14.5 Å². The van der Waals surface area contributed by atoms with E-state index in [4.69, 9.17) is 9.90 Å². The summed E-state index contributed by atoms with van der Waals surface area (Å²) in [5.74, 6) is -2.85. The van der Waals surface area contributed by atoms with E-state index in [2.05, 4.69) is 46.8 Å². The van der Waals surface area contributed by atoms with Gasteiger partial charge in [-0.25, -0.2) is 4.79 Å². The van der Waals surface area contributed by atoms with Gasteiger partial charge in [-0.1, -0.05) is 24.3 Å². The summed E-state index contributed by atoms with van der Waals surface area (Å²) in [5.41, 5.74) is 2.73. The van der Waals surface area contributed by atoms with Crippen LogP contribution in [-0.2, 0) is 27.3 Å². The minimum Gasteiger partial charge on any atom is -0.475 e. The van der Waals surface area contributed by atoms with Crippen molar-refractivity contribution in [3.63, 3.8) is 0 Å². The highest BCUT2D eigenvalue weighted by molar-refractivity contribution is 5.90. The fourth-order valence-electron chi connectivity index (χ4n) is 3.10. The van der Waals surface area contributed by atoms with E-state index in [9.17, 15) is 22.8 Å². The maximum absolute atomic E-state index is 12.0. The molecule has 1 unspecified atom stereocenters. The van der Waals surface area contributed by atoms with Gasteiger partial charge in [0.05, 0.1) is 0 Å². The van der Waals surface area contributed by atoms with Gasteiger partial charge in [-0.05, 0) is 31.0 Å². The van der Waals surface area contributed by atoms with Crippen LogP contribution >= 0.6 is 0 Å². The molecule has 1 saturated heterocycles. The molecular formula is C18H22F3N3O4. The Kier molecular flexibility index (Phi) is 7.00. The Labute approximate surface area is 159 Å². The van der Waals surface area contributed by atoms with Gasteiger partial charge >= 0.3 is 12.1 Å². The van der Waals surface area contributed by atoms with E-state index in [0.29, 0.717) is 25.4 Å². The number of carbonyl (C=O) groups excluding carboxylic acids is 2. The second-order valence-electron chi connectivity index (χ2n) is 6.75. The summed E-state index contributed by atoms with van der Waals surface area (Å²) in [4.78, 5) is 34.4. The molecule has 1 fully saturated rings. The number of benzene rings is 1. The third-order valence-electron chi connectivity index (χ3n) is 4.68. The number of nitrogens with one attached hydrogen (secondary N) is 2. The first-order valence-corrected chi connectivity index (χ1v) is 8.72. The average Bonchev–Trinajstić information content (AvgIpc) is 3.06. The van der Waals surface area contributed by atoms with Crippen LogP contribution in [0.5, 0.6) is 0 Å². The average molecular weight is 401 g/mol. The summed E-state index contributed by atoms with van der Waals surface area (Å²) >= 11 is 0. The second-order valence-corrected chi connectivity index (χ2v) is 6.75. The van der Waals surface area contributed by atoms with Gasteiger partial charge in [-0.2, -0.15) is 13.2 Å². The third-order valence-corrected chi connectivity index (χ3v) is 4.68. The monoisotopic (exact) mass is 401 g/mol. The van der Waals surface area contributed by atoms with Crippen LogP contribution in [0.15, 0.2) is 24.3 Å². The number of halogens is 3.